The quantitative estimate of drug-likeness (QED) is 0.712. The van der Waals surface area contributed by atoms with Crippen molar-refractivity contribution in [3.8, 4) is 0 Å². The molecule has 0 N–H and O–H groups in total. The number of hydrogen-bond acceptors (Lipinski definition) is 5. The molecule has 0 spiro atoms. The number of rotatable bonds is 4. The highest BCUT2D eigenvalue weighted by atomic mass is 16.5. The largest absolute Gasteiger partial charge is 0.464 e. The van der Waals surface area contributed by atoms with Crippen LogP contribution in [0.3, 0.4) is 0 Å². The highest BCUT2D eigenvalue weighted by molar-refractivity contribution is 5.93. The van der Waals surface area contributed by atoms with E-state index >= 15 is 0 Å². The predicted molar refractivity (Wildman–Crippen MR) is 55.2 cm³/mol. The van der Waals surface area contributed by atoms with Crippen molar-refractivity contribution in [1.82, 2.24) is 9.78 Å². The predicted octanol–water partition coefficient (Wildman–Crippen LogP) is 0.866. The zero-order valence-corrected chi connectivity index (χ0v) is 9.52. The number of hydrogen-bond donors (Lipinski definition) is 0. The third-order valence-electron chi connectivity index (χ3n) is 2.00. The van der Waals surface area contributed by atoms with Gasteiger partial charge in [-0.2, -0.15) is 5.10 Å². The molecule has 0 aliphatic heterocycles. The van der Waals surface area contributed by atoms with Crippen LogP contribution >= 0.6 is 0 Å². The summed E-state index contributed by atoms with van der Waals surface area (Å²) < 4.78 is 10.6. The van der Waals surface area contributed by atoms with Crippen molar-refractivity contribution < 1.29 is 19.1 Å². The van der Waals surface area contributed by atoms with Gasteiger partial charge in [0.1, 0.15) is 5.69 Å². The van der Waals surface area contributed by atoms with Crippen LogP contribution in [0.2, 0.25) is 0 Å². The second-order valence-electron chi connectivity index (χ2n) is 3.12. The molecule has 0 amide bonds. The van der Waals surface area contributed by atoms with Crippen molar-refractivity contribution in [3.63, 3.8) is 0 Å². The molecule has 0 saturated carbocycles. The Kier molecular flexibility index (Phi) is 4.04. The minimum absolute atomic E-state index is 0.108. The number of methoxy groups -OCH3 is 2. The van der Waals surface area contributed by atoms with E-state index in [9.17, 15) is 9.59 Å². The number of carbonyl (C=O) groups is 2. The van der Waals surface area contributed by atoms with E-state index in [0.29, 0.717) is 6.54 Å². The Labute approximate surface area is 93.1 Å². The van der Waals surface area contributed by atoms with Crippen molar-refractivity contribution in [1.29, 1.82) is 0 Å². The molecule has 0 atom stereocenters. The average Bonchev–Trinajstić information content (AvgIpc) is 2.71. The fourth-order valence-corrected chi connectivity index (χ4v) is 1.27. The maximum absolute atomic E-state index is 11.4. The number of aromatic nitrogens is 2. The molecule has 1 aromatic heterocycles. The van der Waals surface area contributed by atoms with Crippen molar-refractivity contribution in [2.45, 2.75) is 19.9 Å². The fraction of sp³-hybridized carbons (Fsp3) is 0.500. The molecule has 0 radical (unpaired) electrons. The Morgan fingerprint density at radius 1 is 1.31 bits per heavy atom. The van der Waals surface area contributed by atoms with Gasteiger partial charge in [-0.15, -0.1) is 0 Å². The van der Waals surface area contributed by atoms with Gasteiger partial charge in [-0.3, -0.25) is 4.68 Å². The van der Waals surface area contributed by atoms with Crippen LogP contribution < -0.4 is 0 Å². The van der Waals surface area contributed by atoms with Crippen LogP contribution in [0.1, 0.15) is 34.3 Å². The van der Waals surface area contributed by atoms with Gasteiger partial charge in [-0.05, 0) is 6.42 Å². The summed E-state index contributed by atoms with van der Waals surface area (Å²) >= 11 is 0. The molecular weight excluding hydrogens is 212 g/mol. The Morgan fingerprint density at radius 3 is 2.44 bits per heavy atom. The van der Waals surface area contributed by atoms with E-state index in [1.165, 1.54) is 25.0 Å². The summed E-state index contributed by atoms with van der Waals surface area (Å²) in [6.45, 7) is 2.49. The van der Waals surface area contributed by atoms with Crippen LogP contribution in [-0.4, -0.2) is 35.9 Å². The molecule has 88 valence electrons. The van der Waals surface area contributed by atoms with Crippen molar-refractivity contribution in [2.24, 2.45) is 0 Å². The topological polar surface area (TPSA) is 70.4 Å². The summed E-state index contributed by atoms with van der Waals surface area (Å²) in [6.07, 6.45) is 0.798. The van der Waals surface area contributed by atoms with E-state index in [-0.39, 0.29) is 11.4 Å². The number of nitrogens with zero attached hydrogens (tertiary/aromatic N) is 2. The Bertz CT molecular complexity index is 398. The third-order valence-corrected chi connectivity index (χ3v) is 2.00. The molecule has 0 fully saturated rings. The van der Waals surface area contributed by atoms with E-state index in [1.54, 1.807) is 0 Å². The highest BCUT2D eigenvalue weighted by Gasteiger charge is 2.19. The molecule has 0 aliphatic carbocycles. The van der Waals surface area contributed by atoms with E-state index in [2.05, 4.69) is 14.6 Å². The Balaban J connectivity index is 3.09. The highest BCUT2D eigenvalue weighted by Crippen LogP contribution is 2.08. The summed E-state index contributed by atoms with van der Waals surface area (Å²) in [6, 6.07) is 1.37. The van der Waals surface area contributed by atoms with Gasteiger partial charge in [0.25, 0.3) is 0 Å². The van der Waals surface area contributed by atoms with Gasteiger partial charge in [0.05, 0.1) is 14.2 Å². The smallest absolute Gasteiger partial charge is 0.358 e. The molecule has 0 unspecified atom stereocenters. The summed E-state index contributed by atoms with van der Waals surface area (Å²) in [5.74, 6) is -1.09. The first-order valence-corrected chi connectivity index (χ1v) is 4.88. The van der Waals surface area contributed by atoms with Crippen LogP contribution in [0, 0.1) is 0 Å². The molecule has 0 bridgehead atoms. The van der Waals surface area contributed by atoms with E-state index < -0.39 is 11.9 Å². The van der Waals surface area contributed by atoms with E-state index in [0.717, 1.165) is 6.42 Å². The van der Waals surface area contributed by atoms with Gasteiger partial charge in [-0.1, -0.05) is 6.92 Å². The van der Waals surface area contributed by atoms with Crippen LogP contribution in [0.5, 0.6) is 0 Å². The second-order valence-corrected chi connectivity index (χ2v) is 3.12. The van der Waals surface area contributed by atoms with Gasteiger partial charge in [0, 0.05) is 12.6 Å². The minimum Gasteiger partial charge on any atom is -0.464 e. The zero-order valence-electron chi connectivity index (χ0n) is 9.52. The lowest BCUT2D eigenvalue weighted by atomic mass is 10.3. The molecule has 16 heavy (non-hydrogen) atoms. The van der Waals surface area contributed by atoms with Gasteiger partial charge in [-0.25, -0.2) is 9.59 Å². The lowest BCUT2D eigenvalue weighted by Gasteiger charge is -2.02. The maximum Gasteiger partial charge on any atom is 0.358 e. The van der Waals surface area contributed by atoms with Crippen molar-refractivity contribution in [2.75, 3.05) is 14.2 Å². The van der Waals surface area contributed by atoms with Crippen LogP contribution in [0.4, 0.5) is 0 Å². The van der Waals surface area contributed by atoms with Gasteiger partial charge in [0.15, 0.2) is 5.69 Å². The summed E-state index contributed by atoms with van der Waals surface area (Å²) in [5.41, 5.74) is 0.362. The number of carbonyl (C=O) groups excluding carboxylic acids is 2. The number of esters is 2. The monoisotopic (exact) mass is 226 g/mol. The molecule has 1 heterocycles. The normalized spacial score (nSPS) is 9.94. The Hall–Kier alpha value is -1.85. The molecule has 6 nitrogen and oxygen atoms in total. The molecule has 6 heteroatoms. The summed E-state index contributed by atoms with van der Waals surface area (Å²) in [5, 5.41) is 3.98. The standard InChI is InChI=1S/C10H14N2O4/c1-4-5-12-8(10(14)16-3)6-7(11-12)9(13)15-2/h6H,4-5H2,1-3H3. The molecule has 1 aromatic rings. The van der Waals surface area contributed by atoms with Crippen molar-refractivity contribution in [3.05, 3.63) is 17.5 Å². The van der Waals surface area contributed by atoms with Crippen LogP contribution in [0.15, 0.2) is 6.07 Å². The lowest BCUT2D eigenvalue weighted by Crippen LogP contribution is -2.11. The first-order valence-electron chi connectivity index (χ1n) is 4.88. The zero-order chi connectivity index (χ0) is 12.1. The Morgan fingerprint density at radius 2 is 1.94 bits per heavy atom. The minimum atomic E-state index is -0.569. The summed E-state index contributed by atoms with van der Waals surface area (Å²) in [7, 11) is 2.54. The third kappa shape index (κ3) is 2.39. The van der Waals surface area contributed by atoms with Crippen LogP contribution in [0.25, 0.3) is 0 Å². The summed E-state index contributed by atoms with van der Waals surface area (Å²) in [4.78, 5) is 22.6. The van der Waals surface area contributed by atoms with Crippen molar-refractivity contribution >= 4 is 11.9 Å². The first kappa shape index (κ1) is 12.2. The second kappa shape index (κ2) is 5.29. The average molecular weight is 226 g/mol. The van der Waals surface area contributed by atoms with E-state index in [1.807, 2.05) is 6.92 Å². The first-order chi connectivity index (χ1) is 7.63. The SMILES string of the molecule is CCCn1nc(C(=O)OC)cc1C(=O)OC. The molecule has 0 aromatic carbocycles. The maximum atomic E-state index is 11.4. The van der Waals surface area contributed by atoms with Gasteiger partial charge < -0.3 is 9.47 Å². The van der Waals surface area contributed by atoms with Gasteiger partial charge >= 0.3 is 11.9 Å². The number of ether oxygens (including phenoxy) is 2. The lowest BCUT2D eigenvalue weighted by molar-refractivity contribution is 0.0580. The number of aryl methyl sites for hydroxylation is 1. The van der Waals surface area contributed by atoms with Gasteiger partial charge in [0.2, 0.25) is 0 Å². The molecule has 0 saturated heterocycles. The fourth-order valence-electron chi connectivity index (χ4n) is 1.27. The van der Waals surface area contributed by atoms with E-state index in [4.69, 9.17) is 0 Å². The molecule has 1 rings (SSSR count). The molecule has 0 aliphatic rings. The van der Waals surface area contributed by atoms with Crippen LogP contribution in [-0.2, 0) is 16.0 Å². The molecular formula is C10H14N2O4.